The van der Waals surface area contributed by atoms with Gasteiger partial charge in [-0.15, -0.1) is 0 Å². The lowest BCUT2D eigenvalue weighted by Crippen LogP contribution is -2.08. The van der Waals surface area contributed by atoms with Crippen molar-refractivity contribution in [2.75, 3.05) is 7.11 Å². The molecule has 20 heavy (non-hydrogen) atoms. The molecule has 2 rings (SSSR count). The molecule has 0 atom stereocenters. The Morgan fingerprint density at radius 2 is 2.15 bits per heavy atom. The third kappa shape index (κ3) is 2.86. The number of methoxy groups -OCH3 is 1. The number of hydrogen-bond acceptors (Lipinski definition) is 6. The molecule has 0 radical (unpaired) electrons. The van der Waals surface area contributed by atoms with E-state index in [-0.39, 0.29) is 12.6 Å². The summed E-state index contributed by atoms with van der Waals surface area (Å²) in [6.07, 6.45) is -0.0537. The Morgan fingerprint density at radius 1 is 1.40 bits per heavy atom. The minimum Gasteiger partial charge on any atom is -0.493 e. The van der Waals surface area contributed by atoms with Crippen molar-refractivity contribution in [3.63, 3.8) is 0 Å². The van der Waals surface area contributed by atoms with E-state index < -0.39 is 0 Å². The molecule has 0 unspecified atom stereocenters. The van der Waals surface area contributed by atoms with Gasteiger partial charge in [0.05, 0.1) is 30.3 Å². The van der Waals surface area contributed by atoms with Gasteiger partial charge in [0.15, 0.2) is 11.5 Å². The van der Waals surface area contributed by atoms with E-state index in [1.165, 1.54) is 0 Å². The Balaban J connectivity index is 2.59. The summed E-state index contributed by atoms with van der Waals surface area (Å²) in [5.41, 5.74) is 6.00. The molecule has 1 heterocycles. The molecule has 0 aliphatic rings. The normalized spacial score (nSPS) is 10.9. The molecule has 2 aromatic rings. The van der Waals surface area contributed by atoms with Gasteiger partial charge in [-0.3, -0.25) is 0 Å². The van der Waals surface area contributed by atoms with E-state index in [0.29, 0.717) is 33.8 Å². The molecule has 1 aromatic carbocycles. The van der Waals surface area contributed by atoms with Gasteiger partial charge in [-0.05, 0) is 26.0 Å². The molecule has 0 amide bonds. The molecule has 0 bridgehead atoms. The molecular formula is C13H16ClN3O3. The molecule has 0 aliphatic heterocycles. The average molecular weight is 298 g/mol. The number of ether oxygens (including phenoxy) is 2. The fraction of sp³-hybridized carbons (Fsp3) is 0.385. The minimum absolute atomic E-state index is 0.0537. The maximum Gasteiger partial charge on any atom is 0.240 e. The number of nitrogens with zero attached hydrogens (tertiary/aromatic N) is 2. The van der Waals surface area contributed by atoms with Crippen LogP contribution in [0.2, 0.25) is 5.02 Å². The van der Waals surface area contributed by atoms with E-state index in [4.69, 9.17) is 31.3 Å². The van der Waals surface area contributed by atoms with E-state index in [1.807, 2.05) is 13.8 Å². The van der Waals surface area contributed by atoms with Gasteiger partial charge in [-0.25, -0.2) is 0 Å². The van der Waals surface area contributed by atoms with Crippen LogP contribution in [0.5, 0.6) is 11.5 Å². The van der Waals surface area contributed by atoms with Crippen molar-refractivity contribution >= 4 is 11.6 Å². The summed E-state index contributed by atoms with van der Waals surface area (Å²) in [5.74, 6) is 1.69. The minimum atomic E-state index is -0.0537. The van der Waals surface area contributed by atoms with Gasteiger partial charge in [0.25, 0.3) is 0 Å². The monoisotopic (exact) mass is 297 g/mol. The Kier molecular flexibility index (Phi) is 4.46. The molecule has 108 valence electrons. The highest BCUT2D eigenvalue weighted by atomic mass is 35.5. The molecule has 7 heteroatoms. The maximum absolute atomic E-state index is 6.24. The Bertz CT molecular complexity index is 599. The topological polar surface area (TPSA) is 83.4 Å². The summed E-state index contributed by atoms with van der Waals surface area (Å²) in [6, 6.07) is 3.43. The largest absolute Gasteiger partial charge is 0.493 e. The molecular weight excluding hydrogens is 282 g/mol. The summed E-state index contributed by atoms with van der Waals surface area (Å²) in [6.45, 7) is 3.98. The summed E-state index contributed by atoms with van der Waals surface area (Å²) >= 11 is 6.24. The number of rotatable bonds is 5. The van der Waals surface area contributed by atoms with Crippen molar-refractivity contribution in [2.45, 2.75) is 26.5 Å². The second-order valence-corrected chi connectivity index (χ2v) is 4.74. The van der Waals surface area contributed by atoms with E-state index in [0.717, 1.165) is 0 Å². The van der Waals surface area contributed by atoms with Crippen LogP contribution in [-0.4, -0.2) is 23.4 Å². The van der Waals surface area contributed by atoms with Crippen molar-refractivity contribution in [1.82, 2.24) is 10.1 Å². The SMILES string of the molecule is COc1ccc(Cl)c(-c2noc(CN)n2)c1OC(C)C. The molecule has 0 fully saturated rings. The Hall–Kier alpha value is -1.79. The predicted molar refractivity (Wildman–Crippen MR) is 75.0 cm³/mol. The van der Waals surface area contributed by atoms with Crippen LogP contribution in [0.25, 0.3) is 11.4 Å². The van der Waals surface area contributed by atoms with Crippen LogP contribution in [0.15, 0.2) is 16.7 Å². The van der Waals surface area contributed by atoms with Crippen LogP contribution in [0.3, 0.4) is 0 Å². The fourth-order valence-corrected chi connectivity index (χ4v) is 1.93. The van der Waals surface area contributed by atoms with Gasteiger partial charge in [0.2, 0.25) is 11.7 Å². The van der Waals surface area contributed by atoms with E-state index >= 15 is 0 Å². The van der Waals surface area contributed by atoms with Gasteiger partial charge < -0.3 is 19.7 Å². The first-order valence-corrected chi connectivity index (χ1v) is 6.50. The number of halogens is 1. The van der Waals surface area contributed by atoms with Gasteiger partial charge >= 0.3 is 0 Å². The fourth-order valence-electron chi connectivity index (χ4n) is 1.70. The highest BCUT2D eigenvalue weighted by molar-refractivity contribution is 6.33. The van der Waals surface area contributed by atoms with Gasteiger partial charge in [-0.2, -0.15) is 4.98 Å². The molecule has 0 saturated heterocycles. The quantitative estimate of drug-likeness (QED) is 0.913. The van der Waals surface area contributed by atoms with Crippen LogP contribution in [0.4, 0.5) is 0 Å². The Morgan fingerprint density at radius 3 is 2.70 bits per heavy atom. The van der Waals surface area contributed by atoms with Crippen LogP contribution in [0, 0.1) is 0 Å². The van der Waals surface area contributed by atoms with Crippen molar-refractivity contribution in [1.29, 1.82) is 0 Å². The maximum atomic E-state index is 6.24. The van der Waals surface area contributed by atoms with Crippen molar-refractivity contribution in [3.05, 3.63) is 23.0 Å². The van der Waals surface area contributed by atoms with Crippen LogP contribution in [-0.2, 0) is 6.54 Å². The predicted octanol–water partition coefficient (Wildman–Crippen LogP) is 2.64. The van der Waals surface area contributed by atoms with Crippen molar-refractivity contribution in [2.24, 2.45) is 5.73 Å². The van der Waals surface area contributed by atoms with Crippen molar-refractivity contribution < 1.29 is 14.0 Å². The number of hydrogen-bond donors (Lipinski definition) is 1. The summed E-state index contributed by atoms with van der Waals surface area (Å²) in [7, 11) is 1.56. The summed E-state index contributed by atoms with van der Waals surface area (Å²) in [4.78, 5) is 4.18. The zero-order valence-electron chi connectivity index (χ0n) is 11.5. The number of benzene rings is 1. The lowest BCUT2D eigenvalue weighted by molar-refractivity contribution is 0.231. The smallest absolute Gasteiger partial charge is 0.240 e. The van der Waals surface area contributed by atoms with Crippen molar-refractivity contribution in [3.8, 4) is 22.9 Å². The Labute approximate surface area is 121 Å². The van der Waals surface area contributed by atoms with Crippen LogP contribution >= 0.6 is 11.6 Å². The molecule has 0 saturated carbocycles. The standard InChI is InChI=1S/C13H16ClN3O3/c1-7(2)19-12-9(18-3)5-4-8(14)11(12)13-16-10(6-15)20-17-13/h4-5,7H,6,15H2,1-3H3. The highest BCUT2D eigenvalue weighted by Crippen LogP contribution is 2.42. The van der Waals surface area contributed by atoms with Gasteiger partial charge in [0.1, 0.15) is 0 Å². The summed E-state index contributed by atoms with van der Waals surface area (Å²) in [5, 5.41) is 4.33. The molecule has 2 N–H and O–H groups in total. The van der Waals surface area contributed by atoms with Crippen LogP contribution in [0.1, 0.15) is 19.7 Å². The summed E-state index contributed by atoms with van der Waals surface area (Å²) < 4.78 is 16.1. The molecule has 1 aromatic heterocycles. The number of aromatic nitrogens is 2. The van der Waals surface area contributed by atoms with Crippen LogP contribution < -0.4 is 15.2 Å². The third-order valence-corrected chi connectivity index (χ3v) is 2.83. The van der Waals surface area contributed by atoms with E-state index in [2.05, 4.69) is 10.1 Å². The first-order chi connectivity index (χ1) is 9.56. The zero-order chi connectivity index (χ0) is 14.7. The zero-order valence-corrected chi connectivity index (χ0v) is 12.3. The third-order valence-electron chi connectivity index (χ3n) is 2.51. The average Bonchev–Trinajstić information content (AvgIpc) is 2.87. The lowest BCUT2D eigenvalue weighted by atomic mass is 10.1. The highest BCUT2D eigenvalue weighted by Gasteiger charge is 2.21. The number of nitrogens with two attached hydrogens (primary N) is 1. The second kappa shape index (κ2) is 6.11. The van der Waals surface area contributed by atoms with E-state index in [1.54, 1.807) is 19.2 Å². The second-order valence-electron chi connectivity index (χ2n) is 4.34. The van der Waals surface area contributed by atoms with Gasteiger partial charge in [0, 0.05) is 0 Å². The van der Waals surface area contributed by atoms with E-state index in [9.17, 15) is 0 Å². The molecule has 6 nitrogen and oxygen atoms in total. The first-order valence-electron chi connectivity index (χ1n) is 6.13. The lowest BCUT2D eigenvalue weighted by Gasteiger charge is -2.16. The molecule has 0 aliphatic carbocycles. The molecule has 0 spiro atoms. The van der Waals surface area contributed by atoms with Gasteiger partial charge in [-0.1, -0.05) is 16.8 Å². The first kappa shape index (κ1) is 14.6.